The third-order valence-electron chi connectivity index (χ3n) is 6.41. The molecule has 2 nitrogen and oxygen atoms in total. The molecule has 180 valence electrons. The van der Waals surface area contributed by atoms with Crippen LogP contribution >= 0.6 is 32.1 Å². The van der Waals surface area contributed by atoms with Crippen LogP contribution < -0.4 is 15.9 Å². The zero-order chi connectivity index (χ0) is 24.9. The van der Waals surface area contributed by atoms with Gasteiger partial charge in [-0.1, -0.05) is 0 Å². The number of hydrogen-bond donors (Lipinski definition) is 0. The Morgan fingerprint density at radius 3 is 1.56 bits per heavy atom. The number of rotatable bonds is 8. The van der Waals surface area contributed by atoms with Crippen molar-refractivity contribution in [2.45, 2.75) is 12.8 Å². The Labute approximate surface area is 224 Å². The molecule has 0 saturated carbocycles. The quantitative estimate of drug-likeness (QED) is 0.143. The summed E-state index contributed by atoms with van der Waals surface area (Å²) in [6.07, 6.45) is 0.750. The summed E-state index contributed by atoms with van der Waals surface area (Å²) in [5.74, 6) is -0.288. The Hall–Kier alpha value is -3.04. The molecule has 0 unspecified atom stereocenters. The van der Waals surface area contributed by atoms with E-state index in [0.717, 1.165) is 16.6 Å². The van der Waals surface area contributed by atoms with Crippen molar-refractivity contribution in [1.82, 2.24) is 0 Å². The molecule has 0 radical (unpaired) electrons. The zero-order valence-corrected chi connectivity index (χ0v) is 23.0. The van der Waals surface area contributed by atoms with Crippen molar-refractivity contribution < 1.29 is 9.53 Å². The van der Waals surface area contributed by atoms with Gasteiger partial charge in [0.1, 0.15) is 0 Å². The Morgan fingerprint density at radius 2 is 1.08 bits per heavy atom. The second-order valence-electron chi connectivity index (χ2n) is 8.68. The molecule has 5 aromatic rings. The first-order chi connectivity index (χ1) is 17.6. The summed E-state index contributed by atoms with van der Waals surface area (Å²) in [5.41, 5.74) is 0.977. The summed E-state index contributed by atoms with van der Waals surface area (Å²) in [7, 11) is 0. The van der Waals surface area contributed by atoms with Gasteiger partial charge in [0, 0.05) is 0 Å². The molecular formula is C31H26BrO2PS. The van der Waals surface area contributed by atoms with Crippen molar-refractivity contribution in [1.29, 1.82) is 0 Å². The number of esters is 1. The van der Waals surface area contributed by atoms with Gasteiger partial charge in [0.2, 0.25) is 0 Å². The number of thiophene rings is 1. The molecule has 1 heterocycles. The van der Waals surface area contributed by atoms with Gasteiger partial charge in [0.05, 0.1) is 0 Å². The van der Waals surface area contributed by atoms with E-state index in [9.17, 15) is 4.79 Å². The minimum atomic E-state index is -3.11. The van der Waals surface area contributed by atoms with E-state index in [2.05, 4.69) is 113 Å². The van der Waals surface area contributed by atoms with E-state index in [1.54, 1.807) is 0 Å². The van der Waals surface area contributed by atoms with Crippen molar-refractivity contribution in [2.75, 3.05) is 0 Å². The van der Waals surface area contributed by atoms with E-state index < -0.39 is 5.31 Å². The van der Waals surface area contributed by atoms with Gasteiger partial charge in [-0.2, -0.15) is 0 Å². The fraction of sp³-hybridized carbons (Fsp3) is 0.0645. The van der Waals surface area contributed by atoms with Crippen molar-refractivity contribution in [3.63, 3.8) is 0 Å². The van der Waals surface area contributed by atoms with Crippen molar-refractivity contribution in [3.05, 3.63) is 149 Å². The van der Waals surface area contributed by atoms with Crippen LogP contribution in [0.1, 0.15) is 20.1 Å². The van der Waals surface area contributed by atoms with Gasteiger partial charge in [0.25, 0.3) is 0 Å². The summed E-state index contributed by atoms with van der Waals surface area (Å²) >= 11 is 6.00. The number of benzene rings is 4. The van der Waals surface area contributed by atoms with E-state index >= 15 is 0 Å². The molecule has 0 fully saturated rings. The first kappa shape index (κ1) is 24.6. The van der Waals surface area contributed by atoms with Crippen LogP contribution in [0.15, 0.2) is 133 Å². The maximum absolute atomic E-state index is 12.9. The minimum absolute atomic E-state index is 0.267. The molecule has 0 N–H and O–H groups in total. The summed E-state index contributed by atoms with van der Waals surface area (Å²) in [4.78, 5) is 14.6. The number of hydrogen-bond acceptors (Lipinski definition) is 3. The molecular weight excluding hydrogens is 547 g/mol. The molecule has 0 atom stereocenters. The van der Waals surface area contributed by atoms with Gasteiger partial charge in [0.15, 0.2) is 0 Å². The fourth-order valence-electron chi connectivity index (χ4n) is 4.60. The molecule has 0 aliphatic rings. The zero-order valence-electron chi connectivity index (χ0n) is 19.7. The number of ether oxygens (including phenoxy) is 1. The average molecular weight is 573 g/mol. The van der Waals surface area contributed by atoms with Crippen LogP contribution in [-0.2, 0) is 17.5 Å². The number of carbonyl (C=O) groups is 1. The van der Waals surface area contributed by atoms with E-state index in [-0.39, 0.29) is 12.6 Å². The van der Waals surface area contributed by atoms with Gasteiger partial charge in [-0.15, -0.1) is 0 Å². The predicted molar refractivity (Wildman–Crippen MR) is 158 cm³/mol. The Bertz CT molecular complexity index is 1340. The number of carbonyl (C=O) groups excluding carboxylic acids is 1. The van der Waals surface area contributed by atoms with E-state index in [1.165, 1.54) is 27.3 Å². The summed E-state index contributed by atoms with van der Waals surface area (Å²) in [6, 6.07) is 45.8. The van der Waals surface area contributed by atoms with Gasteiger partial charge in [-0.3, -0.25) is 0 Å². The molecule has 0 saturated heterocycles. The first-order valence-electron chi connectivity index (χ1n) is 11.8. The van der Waals surface area contributed by atoms with Crippen molar-refractivity contribution in [3.8, 4) is 0 Å². The molecule has 36 heavy (non-hydrogen) atoms. The van der Waals surface area contributed by atoms with E-state index in [1.807, 2.05) is 36.4 Å². The Kier molecular flexibility index (Phi) is 7.20. The first-order valence-corrected chi connectivity index (χ1v) is 17.0. The summed E-state index contributed by atoms with van der Waals surface area (Å²) in [5, 5.41) is 0.651. The molecule has 0 spiro atoms. The summed E-state index contributed by atoms with van der Waals surface area (Å²) < 4.78 is 5.61. The third kappa shape index (κ3) is 4.69. The van der Waals surface area contributed by atoms with Crippen LogP contribution in [0.25, 0.3) is 0 Å². The van der Waals surface area contributed by atoms with Gasteiger partial charge < -0.3 is 0 Å². The molecule has 0 aliphatic carbocycles. The Balaban J connectivity index is 1.56. The van der Waals surface area contributed by atoms with Crippen LogP contribution in [0.5, 0.6) is 0 Å². The SMILES string of the molecule is O=C(OCc1ccccc1)c1ccc(CP(Br)(c2ccccc2)(c2ccccc2)c2ccccc2)s1. The fourth-order valence-corrected chi connectivity index (χ4v) is 14.3. The predicted octanol–water partition coefficient (Wildman–Crippen LogP) is 7.44. The summed E-state index contributed by atoms with van der Waals surface area (Å²) in [6.45, 7) is 0.267. The molecule has 0 aliphatic heterocycles. The molecule has 0 amide bonds. The molecule has 4 aromatic carbocycles. The van der Waals surface area contributed by atoms with Crippen LogP contribution in [0.3, 0.4) is 0 Å². The van der Waals surface area contributed by atoms with Crippen molar-refractivity contribution in [2.24, 2.45) is 0 Å². The van der Waals surface area contributed by atoms with Gasteiger partial charge in [-0.25, -0.2) is 0 Å². The van der Waals surface area contributed by atoms with Crippen LogP contribution in [-0.4, -0.2) is 5.97 Å². The number of halogens is 1. The molecule has 5 heteroatoms. The second-order valence-corrected chi connectivity index (χ2v) is 18.8. The van der Waals surface area contributed by atoms with Gasteiger partial charge >= 0.3 is 225 Å². The monoisotopic (exact) mass is 572 g/mol. The maximum atomic E-state index is 12.9. The van der Waals surface area contributed by atoms with Crippen LogP contribution in [0.4, 0.5) is 0 Å². The Morgan fingerprint density at radius 1 is 0.639 bits per heavy atom. The standard InChI is InChI=1S/C31H26BrO2PS/c32-35(26-15-7-2-8-16-26,27-17-9-3-10-18-27,28-19-11-4-12-20-28)24-29-21-22-30(36-29)31(33)34-23-25-13-5-1-6-14-25/h1-22H,23-24H2. The molecule has 5 rings (SSSR count). The normalized spacial score (nSPS) is 12.4. The third-order valence-corrected chi connectivity index (χ3v) is 17.2. The van der Waals surface area contributed by atoms with Gasteiger partial charge in [-0.05, 0) is 0 Å². The average Bonchev–Trinajstić information content (AvgIpc) is 3.42. The van der Waals surface area contributed by atoms with Crippen LogP contribution in [0.2, 0.25) is 0 Å². The van der Waals surface area contributed by atoms with E-state index in [0.29, 0.717) is 4.88 Å². The topological polar surface area (TPSA) is 26.3 Å². The van der Waals surface area contributed by atoms with Crippen molar-refractivity contribution >= 4 is 54.0 Å². The second kappa shape index (κ2) is 10.5. The van der Waals surface area contributed by atoms with E-state index in [4.69, 9.17) is 4.74 Å². The molecule has 1 aromatic heterocycles. The van der Waals surface area contributed by atoms with Crippen LogP contribution in [0, 0.1) is 0 Å². The molecule has 0 bridgehead atoms.